The topological polar surface area (TPSA) is 95.6 Å². The summed E-state index contributed by atoms with van der Waals surface area (Å²) in [6, 6.07) is 14.7. The van der Waals surface area contributed by atoms with Crippen LogP contribution in [-0.4, -0.2) is 45.0 Å². The van der Waals surface area contributed by atoms with E-state index < -0.39 is 0 Å². The third-order valence-corrected chi connectivity index (χ3v) is 7.23. The Morgan fingerprint density at radius 3 is 2.78 bits per heavy atom. The molecule has 36 heavy (non-hydrogen) atoms. The number of pyridine rings is 2. The molecule has 7 heteroatoms. The maximum atomic E-state index is 12.3. The molecule has 0 spiro atoms. The Hall–Kier alpha value is -3.84. The molecule has 1 aliphatic carbocycles. The van der Waals surface area contributed by atoms with E-state index in [1.807, 2.05) is 31.3 Å². The summed E-state index contributed by atoms with van der Waals surface area (Å²) in [4.78, 5) is 29.6. The van der Waals surface area contributed by atoms with E-state index in [9.17, 15) is 4.79 Å². The van der Waals surface area contributed by atoms with Crippen LogP contribution in [0.4, 0.5) is 0 Å². The van der Waals surface area contributed by atoms with Gasteiger partial charge in [0.25, 0.3) is 0 Å². The van der Waals surface area contributed by atoms with E-state index in [1.165, 1.54) is 5.57 Å². The van der Waals surface area contributed by atoms with Crippen molar-refractivity contribution in [3.63, 3.8) is 0 Å². The number of nitrogens with zero attached hydrogens (tertiary/aromatic N) is 3. The van der Waals surface area contributed by atoms with E-state index in [0.29, 0.717) is 12.3 Å². The number of allylic oxidation sites excluding steroid dienone is 1. The highest BCUT2D eigenvalue weighted by atomic mass is 16.1. The Labute approximate surface area is 210 Å². The fraction of sp³-hybridized carbons (Fsp3) is 0.310. The molecule has 3 aromatic heterocycles. The van der Waals surface area contributed by atoms with Crippen molar-refractivity contribution in [3.8, 4) is 22.6 Å². The number of amides is 1. The van der Waals surface area contributed by atoms with Crippen molar-refractivity contribution >= 4 is 22.4 Å². The molecule has 6 rings (SSSR count). The van der Waals surface area contributed by atoms with Crippen LogP contribution >= 0.6 is 0 Å². The lowest BCUT2D eigenvalue weighted by atomic mass is 9.90. The van der Waals surface area contributed by atoms with Gasteiger partial charge in [0.05, 0.1) is 28.9 Å². The fourth-order valence-electron chi connectivity index (χ4n) is 5.11. The van der Waals surface area contributed by atoms with E-state index in [-0.39, 0.29) is 11.9 Å². The van der Waals surface area contributed by atoms with E-state index >= 15 is 0 Å². The number of carbonyl (C=O) groups is 1. The van der Waals surface area contributed by atoms with Gasteiger partial charge in [-0.25, -0.2) is 4.98 Å². The second kappa shape index (κ2) is 9.66. The zero-order valence-corrected chi connectivity index (χ0v) is 20.4. The molecule has 4 heterocycles. The van der Waals surface area contributed by atoms with E-state index in [1.54, 1.807) is 6.33 Å². The average molecular weight is 479 g/mol. The van der Waals surface area contributed by atoms with E-state index in [4.69, 9.17) is 4.98 Å². The first-order valence-corrected chi connectivity index (χ1v) is 12.7. The number of aromatic amines is 1. The number of carbonyl (C=O) groups excluding carboxylic acids is 1. The number of rotatable bonds is 6. The highest BCUT2D eigenvalue weighted by Crippen LogP contribution is 2.32. The number of aryl methyl sites for hydroxylation is 1. The summed E-state index contributed by atoms with van der Waals surface area (Å²) in [6.45, 7) is 3.91. The van der Waals surface area contributed by atoms with Crippen LogP contribution in [0.5, 0.6) is 0 Å². The lowest BCUT2D eigenvalue weighted by Crippen LogP contribution is -2.46. The minimum absolute atomic E-state index is 0.182. The molecule has 1 saturated heterocycles. The van der Waals surface area contributed by atoms with Crippen LogP contribution < -0.4 is 10.6 Å². The second-order valence-electron chi connectivity index (χ2n) is 9.92. The predicted octanol–water partition coefficient (Wildman–Crippen LogP) is 4.66. The van der Waals surface area contributed by atoms with Gasteiger partial charge >= 0.3 is 0 Å². The summed E-state index contributed by atoms with van der Waals surface area (Å²) < 4.78 is 0. The molecule has 1 atom stereocenters. The largest absolute Gasteiger partial charge is 0.353 e. The van der Waals surface area contributed by atoms with E-state index in [0.717, 1.165) is 77.2 Å². The van der Waals surface area contributed by atoms with Crippen molar-refractivity contribution in [3.05, 3.63) is 72.3 Å². The summed E-state index contributed by atoms with van der Waals surface area (Å²) in [5, 5.41) is 7.53. The number of fused-ring (bicyclic) bond motifs is 1. The van der Waals surface area contributed by atoms with Crippen LogP contribution in [0.3, 0.4) is 0 Å². The van der Waals surface area contributed by atoms with Crippen molar-refractivity contribution in [1.82, 2.24) is 30.6 Å². The van der Waals surface area contributed by atoms with Gasteiger partial charge in [0.15, 0.2) is 0 Å². The standard InChI is InChI=1S/C29H30N6O/c1-18-3-2-4-26(34-18)29-28(32-17-33-29)21-7-10-25-22(12-21)13-23(16-31-25)20-5-8-24(9-6-20)35-27(36)11-19-14-30-15-19/h2-5,7,10,12-13,16-17,19,24,30H,6,8-9,11,14-15H2,1H3,(H,32,33)(H,35,36). The lowest BCUT2D eigenvalue weighted by molar-refractivity contribution is -0.123. The van der Waals surface area contributed by atoms with Crippen LogP contribution in [-0.2, 0) is 4.79 Å². The molecule has 7 nitrogen and oxygen atoms in total. The third-order valence-electron chi connectivity index (χ3n) is 7.23. The zero-order chi connectivity index (χ0) is 24.5. The minimum atomic E-state index is 0.182. The molecule has 1 amide bonds. The average Bonchev–Trinajstić information content (AvgIpc) is 3.36. The summed E-state index contributed by atoms with van der Waals surface area (Å²) in [5.41, 5.74) is 8.09. The lowest BCUT2D eigenvalue weighted by Gasteiger charge is -2.28. The summed E-state index contributed by atoms with van der Waals surface area (Å²) in [6.07, 6.45) is 9.34. The van der Waals surface area contributed by atoms with Gasteiger partial charge in [-0.3, -0.25) is 14.8 Å². The van der Waals surface area contributed by atoms with Gasteiger partial charge in [0.2, 0.25) is 5.91 Å². The van der Waals surface area contributed by atoms with Gasteiger partial charge in [-0.05, 0) is 86.7 Å². The molecule has 1 aliphatic heterocycles. The Balaban J connectivity index is 1.21. The molecule has 3 N–H and O–H groups in total. The van der Waals surface area contributed by atoms with Crippen LogP contribution in [0.2, 0.25) is 0 Å². The van der Waals surface area contributed by atoms with Gasteiger partial charge in [-0.15, -0.1) is 0 Å². The molecule has 1 aromatic carbocycles. The number of H-pyrrole nitrogens is 1. The molecule has 1 fully saturated rings. The van der Waals surface area contributed by atoms with Crippen LogP contribution in [0.15, 0.2) is 61.1 Å². The number of hydrogen-bond acceptors (Lipinski definition) is 5. The quantitative estimate of drug-likeness (QED) is 0.375. The number of aromatic nitrogens is 4. The molecule has 0 radical (unpaired) electrons. The molecule has 1 unspecified atom stereocenters. The van der Waals surface area contributed by atoms with Gasteiger partial charge in [0, 0.05) is 35.3 Å². The Morgan fingerprint density at radius 2 is 2.00 bits per heavy atom. The summed E-state index contributed by atoms with van der Waals surface area (Å²) in [5.74, 6) is 0.681. The molecule has 182 valence electrons. The molecule has 2 aliphatic rings. The summed E-state index contributed by atoms with van der Waals surface area (Å²) in [7, 11) is 0. The van der Waals surface area contributed by atoms with Crippen molar-refractivity contribution in [2.75, 3.05) is 13.1 Å². The first-order chi connectivity index (χ1) is 17.6. The van der Waals surface area contributed by atoms with Gasteiger partial charge in [-0.1, -0.05) is 18.2 Å². The third kappa shape index (κ3) is 4.66. The molecular weight excluding hydrogens is 448 g/mol. The zero-order valence-electron chi connectivity index (χ0n) is 20.4. The highest BCUT2D eigenvalue weighted by molar-refractivity contribution is 5.89. The number of nitrogens with one attached hydrogen (secondary N) is 3. The smallest absolute Gasteiger partial charge is 0.220 e. The van der Waals surface area contributed by atoms with Crippen molar-refractivity contribution in [1.29, 1.82) is 0 Å². The molecular formula is C29H30N6O. The second-order valence-corrected chi connectivity index (χ2v) is 9.92. The first-order valence-electron chi connectivity index (χ1n) is 12.7. The Bertz CT molecular complexity index is 1450. The highest BCUT2D eigenvalue weighted by Gasteiger charge is 2.23. The Kier molecular flexibility index (Phi) is 6.07. The SMILES string of the molecule is Cc1cccc(-c2[nH]cnc2-c2ccc3ncc(C4=CCC(NC(=O)CC5CNC5)CC4)cc3c2)n1. The number of hydrogen-bond donors (Lipinski definition) is 3. The molecule has 0 saturated carbocycles. The summed E-state index contributed by atoms with van der Waals surface area (Å²) >= 11 is 0. The van der Waals surface area contributed by atoms with Crippen LogP contribution in [0.1, 0.15) is 36.9 Å². The first kappa shape index (κ1) is 22.6. The number of benzene rings is 1. The van der Waals surface area contributed by atoms with Gasteiger partial charge in [-0.2, -0.15) is 0 Å². The van der Waals surface area contributed by atoms with Gasteiger partial charge < -0.3 is 15.6 Å². The van der Waals surface area contributed by atoms with Crippen molar-refractivity contribution < 1.29 is 4.79 Å². The Morgan fingerprint density at radius 1 is 1.11 bits per heavy atom. The molecule has 4 aromatic rings. The fourth-order valence-corrected chi connectivity index (χ4v) is 5.11. The van der Waals surface area contributed by atoms with Crippen LogP contribution in [0, 0.1) is 12.8 Å². The van der Waals surface area contributed by atoms with Crippen LogP contribution in [0.25, 0.3) is 39.1 Å². The maximum absolute atomic E-state index is 12.3. The minimum Gasteiger partial charge on any atom is -0.353 e. The molecule has 0 bridgehead atoms. The maximum Gasteiger partial charge on any atom is 0.220 e. The monoisotopic (exact) mass is 478 g/mol. The van der Waals surface area contributed by atoms with Crippen molar-refractivity contribution in [2.24, 2.45) is 5.92 Å². The van der Waals surface area contributed by atoms with E-state index in [2.05, 4.69) is 55.9 Å². The number of imidazole rings is 1. The van der Waals surface area contributed by atoms with Gasteiger partial charge in [0.1, 0.15) is 0 Å². The normalized spacial score (nSPS) is 18.0. The predicted molar refractivity (Wildman–Crippen MR) is 142 cm³/mol. The van der Waals surface area contributed by atoms with Crippen molar-refractivity contribution in [2.45, 2.75) is 38.6 Å².